The molecule has 4 rings (SSSR count). The Bertz CT molecular complexity index is 1520. The molecule has 0 unspecified atom stereocenters. The number of carbonyl (C=O) groups is 4. The lowest BCUT2D eigenvalue weighted by Crippen LogP contribution is -2.57. The van der Waals surface area contributed by atoms with E-state index in [1.165, 1.54) is 22.9 Å². The van der Waals surface area contributed by atoms with Crippen LogP contribution in [0.5, 0.6) is 0 Å². The van der Waals surface area contributed by atoms with Gasteiger partial charge in [0.2, 0.25) is 11.8 Å². The van der Waals surface area contributed by atoms with Crippen LogP contribution in [0.15, 0.2) is 52.4 Å². The van der Waals surface area contributed by atoms with Crippen LogP contribution in [0, 0.1) is 0 Å². The molecule has 0 saturated carbocycles. The number of aromatic nitrogens is 2. The highest BCUT2D eigenvalue weighted by atomic mass is 35.5. The second-order valence-electron chi connectivity index (χ2n) is 9.80. The molecular weight excluding hydrogens is 565 g/mol. The first-order chi connectivity index (χ1) is 19.3. The Morgan fingerprint density at radius 3 is 2.51 bits per heavy atom. The van der Waals surface area contributed by atoms with Crippen molar-refractivity contribution in [3.63, 3.8) is 0 Å². The molecule has 3 heterocycles. The molecule has 2 fully saturated rings. The van der Waals surface area contributed by atoms with Crippen molar-refractivity contribution >= 4 is 48.0 Å². The van der Waals surface area contributed by atoms with Crippen LogP contribution in [0.1, 0.15) is 26.2 Å². The number of alkyl halides is 3. The lowest BCUT2D eigenvalue weighted by atomic mass is 9.85. The number of hydrogen-bond acceptors (Lipinski definition) is 5. The molecule has 3 aliphatic rings. The van der Waals surface area contributed by atoms with E-state index in [1.807, 2.05) is 0 Å². The molecule has 1 spiro atoms. The number of nitrogens with one attached hydrogen (secondary N) is 2. The summed E-state index contributed by atoms with van der Waals surface area (Å²) in [7, 11) is 1.40. The normalized spacial score (nSPS) is 20.2. The minimum Gasteiger partial charge on any atom is -0.343 e. The highest BCUT2D eigenvalue weighted by molar-refractivity contribution is 6.31. The third-order valence-corrected chi connectivity index (χ3v) is 7.58. The molecule has 218 valence electrons. The number of urea groups is 1. The topological polar surface area (TPSA) is 119 Å². The highest BCUT2D eigenvalue weighted by Gasteiger charge is 2.58. The van der Waals surface area contributed by atoms with E-state index < -0.39 is 47.6 Å². The van der Waals surface area contributed by atoms with Gasteiger partial charge in [0.25, 0.3) is 5.91 Å². The molecule has 1 aliphatic carbocycles. The van der Waals surface area contributed by atoms with Crippen molar-refractivity contribution in [3.8, 4) is 0 Å². The van der Waals surface area contributed by atoms with E-state index in [0.717, 1.165) is 11.0 Å². The van der Waals surface area contributed by atoms with Gasteiger partial charge in [-0.25, -0.2) is 4.79 Å². The van der Waals surface area contributed by atoms with Crippen molar-refractivity contribution in [2.75, 3.05) is 26.7 Å². The number of H-pyrrole nitrogens is 1. The van der Waals surface area contributed by atoms with Gasteiger partial charge in [0, 0.05) is 41.7 Å². The van der Waals surface area contributed by atoms with Crippen LogP contribution in [0.2, 0.25) is 0 Å². The van der Waals surface area contributed by atoms with Crippen molar-refractivity contribution in [2.45, 2.75) is 37.9 Å². The summed E-state index contributed by atoms with van der Waals surface area (Å²) in [6.45, 7) is 5.37. The number of aromatic amines is 1. The van der Waals surface area contributed by atoms with E-state index >= 15 is 0 Å². The second kappa shape index (κ2) is 11.4. The number of nitrogens with zero attached hydrogens (tertiary/aromatic N) is 4. The number of piperidine rings is 1. The Balaban J connectivity index is 1.45. The number of halogens is 4. The van der Waals surface area contributed by atoms with Gasteiger partial charge in [-0.05, 0) is 44.4 Å². The summed E-state index contributed by atoms with van der Waals surface area (Å²) < 4.78 is 39.7. The number of likely N-dealkylation sites (tertiary alicyclic amines) is 1. The summed E-state index contributed by atoms with van der Waals surface area (Å²) in [5.74, 6) is -1.69. The Kier molecular flexibility index (Phi) is 8.29. The fourth-order valence-electron chi connectivity index (χ4n) is 5.04. The quantitative estimate of drug-likeness (QED) is 0.506. The molecule has 1 aromatic heterocycles. The predicted molar refractivity (Wildman–Crippen MR) is 144 cm³/mol. The lowest BCUT2D eigenvalue weighted by Gasteiger charge is -2.42. The SMILES string of the molecule is C=c1[nH]nc/c1=C/C(=C\C)N1C(=O)N(C)C(=O)C12CCN(C(=O)CNC(=O)C1=CC(C(F)(F)F)=CC(Cl)=CC1)CC2. The van der Waals surface area contributed by atoms with Crippen molar-refractivity contribution in [3.05, 3.63) is 62.9 Å². The monoisotopic (exact) mass is 592 g/mol. The molecule has 5 amide bonds. The molecule has 2 aliphatic heterocycles. The summed E-state index contributed by atoms with van der Waals surface area (Å²) in [5, 5.41) is 10.1. The Morgan fingerprint density at radius 1 is 1.24 bits per heavy atom. The van der Waals surface area contributed by atoms with Gasteiger partial charge >= 0.3 is 12.2 Å². The molecule has 14 heteroatoms. The van der Waals surface area contributed by atoms with Crippen molar-refractivity contribution in [2.24, 2.45) is 0 Å². The third kappa shape index (κ3) is 5.85. The Hall–Kier alpha value is -4.13. The lowest BCUT2D eigenvalue weighted by molar-refractivity contribution is -0.139. The number of amides is 5. The molecule has 0 bridgehead atoms. The van der Waals surface area contributed by atoms with Crippen molar-refractivity contribution in [1.29, 1.82) is 0 Å². The van der Waals surface area contributed by atoms with Crippen LogP contribution in [-0.2, 0) is 14.4 Å². The van der Waals surface area contributed by atoms with Gasteiger partial charge in [0.1, 0.15) is 5.54 Å². The molecule has 41 heavy (non-hydrogen) atoms. The number of imide groups is 1. The van der Waals surface area contributed by atoms with Gasteiger partial charge < -0.3 is 10.2 Å². The smallest absolute Gasteiger partial charge is 0.343 e. The van der Waals surface area contributed by atoms with Crippen molar-refractivity contribution < 1.29 is 32.3 Å². The summed E-state index contributed by atoms with van der Waals surface area (Å²) in [6.07, 6.45) is 3.12. The minimum atomic E-state index is -4.71. The van der Waals surface area contributed by atoms with E-state index in [2.05, 4.69) is 22.1 Å². The molecule has 0 aromatic carbocycles. The zero-order valence-corrected chi connectivity index (χ0v) is 23.1. The van der Waals surface area contributed by atoms with Gasteiger partial charge in [0.15, 0.2) is 0 Å². The van der Waals surface area contributed by atoms with Gasteiger partial charge in [-0.1, -0.05) is 30.3 Å². The van der Waals surface area contributed by atoms with E-state index in [0.29, 0.717) is 22.3 Å². The third-order valence-electron chi connectivity index (χ3n) is 7.32. The maximum atomic E-state index is 13.3. The fourth-order valence-corrected chi connectivity index (χ4v) is 5.23. The molecule has 2 saturated heterocycles. The number of likely N-dealkylation sites (N-methyl/N-ethyl adjacent to an activating group) is 1. The molecule has 10 nitrogen and oxygen atoms in total. The van der Waals surface area contributed by atoms with E-state index in [1.54, 1.807) is 25.3 Å². The standard InChI is InChI=1S/C27H28ClF3N6O4/c1-4-21(12-18-14-33-34-16(18)2)37-25(41)35(3)24(40)26(37)7-9-36(10-8-26)22(38)15-32-23(39)17-5-6-20(28)13-19(11-17)27(29,30)31/h4,6,11-14,34H,2,5,7-10,15H2,1,3H3,(H,32,39)/b18-12-,21-4+. The Morgan fingerprint density at radius 2 is 1.93 bits per heavy atom. The first-order valence-electron chi connectivity index (χ1n) is 12.7. The fraction of sp³-hybridized carbons (Fsp3) is 0.370. The van der Waals surface area contributed by atoms with Crippen LogP contribution >= 0.6 is 11.6 Å². The van der Waals surface area contributed by atoms with Gasteiger partial charge in [0.05, 0.1) is 23.7 Å². The molecule has 2 N–H and O–H groups in total. The number of rotatable bonds is 5. The summed E-state index contributed by atoms with van der Waals surface area (Å²) in [6, 6.07) is -0.501. The average Bonchev–Trinajstić information content (AvgIpc) is 3.31. The molecule has 0 atom stereocenters. The van der Waals surface area contributed by atoms with E-state index in [4.69, 9.17) is 11.6 Å². The highest BCUT2D eigenvalue weighted by Crippen LogP contribution is 2.39. The van der Waals surface area contributed by atoms with Crippen LogP contribution in [0.4, 0.5) is 18.0 Å². The summed E-state index contributed by atoms with van der Waals surface area (Å²) >= 11 is 5.78. The number of hydrogen-bond donors (Lipinski definition) is 2. The second-order valence-corrected chi connectivity index (χ2v) is 10.2. The average molecular weight is 593 g/mol. The first kappa shape index (κ1) is 29.8. The number of carbonyl (C=O) groups excluding carboxylic acids is 4. The zero-order chi connectivity index (χ0) is 30.1. The van der Waals surface area contributed by atoms with Crippen molar-refractivity contribution in [1.82, 2.24) is 30.2 Å². The molecule has 1 aromatic rings. The minimum absolute atomic E-state index is 0.114. The number of allylic oxidation sites excluding steroid dienone is 7. The zero-order valence-electron chi connectivity index (χ0n) is 22.3. The van der Waals surface area contributed by atoms with Gasteiger partial charge in [-0.3, -0.25) is 29.3 Å². The van der Waals surface area contributed by atoms with Gasteiger partial charge in [-0.15, -0.1) is 0 Å². The largest absolute Gasteiger partial charge is 0.416 e. The van der Waals surface area contributed by atoms with Crippen LogP contribution in [-0.4, -0.2) is 87.0 Å². The van der Waals surface area contributed by atoms with Gasteiger partial charge in [-0.2, -0.15) is 18.3 Å². The van der Waals surface area contributed by atoms with Crippen LogP contribution < -0.4 is 15.9 Å². The first-order valence-corrected chi connectivity index (χ1v) is 13.1. The maximum absolute atomic E-state index is 13.3. The van der Waals surface area contributed by atoms with Crippen LogP contribution in [0.25, 0.3) is 12.7 Å². The molecular formula is C27H28ClF3N6O4. The van der Waals surface area contributed by atoms with E-state index in [-0.39, 0.29) is 43.0 Å². The molecule has 0 radical (unpaired) electrons. The van der Waals surface area contributed by atoms with E-state index in [9.17, 15) is 32.3 Å². The summed E-state index contributed by atoms with van der Waals surface area (Å²) in [5.41, 5.74) is -2.01. The predicted octanol–water partition coefficient (Wildman–Crippen LogP) is 1.82. The Labute approximate surface area is 238 Å². The maximum Gasteiger partial charge on any atom is 0.416 e. The van der Waals surface area contributed by atoms with Crippen LogP contribution in [0.3, 0.4) is 0 Å². The summed E-state index contributed by atoms with van der Waals surface area (Å²) in [4.78, 5) is 56.0.